The molecule has 0 saturated heterocycles. The van der Waals surface area contributed by atoms with Crippen LogP contribution in [0.3, 0.4) is 0 Å². The monoisotopic (exact) mass is 508 g/mol. The fourth-order valence-electron chi connectivity index (χ4n) is 3.31. The van der Waals surface area contributed by atoms with E-state index in [0.717, 1.165) is 11.5 Å². The molecule has 0 aromatic heterocycles. The molecule has 32 heavy (non-hydrogen) atoms. The second-order valence-electron chi connectivity index (χ2n) is 12.1. The standard InChI is InChI=1S/C25H53N2O2PS2/c1-18(2)26(19(3)4)30(27(20(5)6)21(7)8)29-24(12,13)16-32-25(14,15)17-31-22(28)23(9,10)11/h18-21H,16-17H2,1-15H3. The molecule has 0 heterocycles. The van der Waals surface area contributed by atoms with Crippen LogP contribution in [0.15, 0.2) is 0 Å². The summed E-state index contributed by atoms with van der Waals surface area (Å²) in [5.74, 6) is 1.70. The first kappa shape index (κ1) is 32.7. The van der Waals surface area contributed by atoms with E-state index in [1.54, 1.807) is 0 Å². The van der Waals surface area contributed by atoms with Gasteiger partial charge >= 0.3 is 0 Å². The minimum Gasteiger partial charge on any atom is -0.324 e. The van der Waals surface area contributed by atoms with Crippen LogP contribution in [-0.4, -0.2) is 60.5 Å². The Morgan fingerprint density at radius 3 is 1.44 bits per heavy atom. The normalized spacial score (nSPS) is 14.3. The lowest BCUT2D eigenvalue weighted by molar-refractivity contribution is -0.117. The van der Waals surface area contributed by atoms with Crippen molar-refractivity contribution in [2.24, 2.45) is 5.41 Å². The van der Waals surface area contributed by atoms with E-state index in [2.05, 4.69) is 92.4 Å². The molecule has 0 aromatic rings. The van der Waals surface area contributed by atoms with Crippen molar-refractivity contribution in [1.29, 1.82) is 0 Å². The second kappa shape index (κ2) is 13.1. The average Bonchev–Trinajstić information content (AvgIpc) is 2.55. The molecule has 0 saturated carbocycles. The van der Waals surface area contributed by atoms with Crippen molar-refractivity contribution in [1.82, 2.24) is 9.34 Å². The smallest absolute Gasteiger partial charge is 0.194 e. The molecule has 0 radical (unpaired) electrons. The minimum absolute atomic E-state index is 0.000525. The number of carbonyl (C=O) groups excluding carboxylic acids is 1. The molecule has 0 N–H and O–H groups in total. The van der Waals surface area contributed by atoms with Gasteiger partial charge in [-0.05, 0) is 83.1 Å². The molecule has 0 aliphatic rings. The summed E-state index contributed by atoms with van der Waals surface area (Å²) in [5.41, 5.74) is -0.575. The van der Waals surface area contributed by atoms with Crippen LogP contribution < -0.4 is 0 Å². The zero-order valence-corrected chi connectivity index (χ0v) is 26.2. The molecule has 0 unspecified atom stereocenters. The number of thioether (sulfide) groups is 2. The number of hydrogen-bond donors (Lipinski definition) is 0. The first-order chi connectivity index (χ1) is 14.2. The molecule has 0 aromatic carbocycles. The number of carbonyl (C=O) groups is 1. The van der Waals surface area contributed by atoms with Gasteiger partial charge in [-0.2, -0.15) is 11.8 Å². The molecular formula is C25H53N2O2PS2. The van der Waals surface area contributed by atoms with Gasteiger partial charge in [0.2, 0.25) is 0 Å². The van der Waals surface area contributed by atoms with Crippen molar-refractivity contribution < 1.29 is 9.32 Å². The number of hydrogen-bond acceptors (Lipinski definition) is 6. The van der Waals surface area contributed by atoms with Gasteiger partial charge in [-0.3, -0.25) is 4.79 Å². The summed E-state index contributed by atoms with van der Waals surface area (Å²) in [6.45, 7) is 33.0. The Hall–Kier alpha value is 0.680. The SMILES string of the molecule is CC(C)N(C(C)C)P(OC(C)(C)CSC(C)(C)CSC(=O)C(C)(C)C)N(C(C)C)C(C)C. The Kier molecular flexibility index (Phi) is 13.4. The van der Waals surface area contributed by atoms with Crippen molar-refractivity contribution in [3.8, 4) is 0 Å². The molecule has 7 heteroatoms. The maximum atomic E-state index is 12.4. The maximum Gasteiger partial charge on any atom is 0.194 e. The van der Waals surface area contributed by atoms with E-state index >= 15 is 0 Å². The molecule has 0 spiro atoms. The van der Waals surface area contributed by atoms with Crippen LogP contribution in [0, 0.1) is 5.41 Å². The Morgan fingerprint density at radius 1 is 0.750 bits per heavy atom. The molecule has 0 amide bonds. The summed E-state index contributed by atoms with van der Waals surface area (Å²) in [7, 11) is -0.920. The van der Waals surface area contributed by atoms with Crippen molar-refractivity contribution in [3.63, 3.8) is 0 Å². The fraction of sp³-hybridized carbons (Fsp3) is 0.960. The van der Waals surface area contributed by atoms with E-state index in [0.29, 0.717) is 24.2 Å². The van der Waals surface area contributed by atoms with E-state index in [1.165, 1.54) is 11.8 Å². The van der Waals surface area contributed by atoms with Crippen LogP contribution in [0.5, 0.6) is 0 Å². The lowest BCUT2D eigenvalue weighted by Gasteiger charge is -2.48. The third-order valence-electron chi connectivity index (χ3n) is 4.81. The molecule has 0 aliphatic heterocycles. The van der Waals surface area contributed by atoms with E-state index in [4.69, 9.17) is 4.52 Å². The van der Waals surface area contributed by atoms with Gasteiger partial charge in [0.15, 0.2) is 13.6 Å². The summed E-state index contributed by atoms with van der Waals surface area (Å²) in [6.07, 6.45) is 0. The quantitative estimate of drug-likeness (QED) is 0.234. The topological polar surface area (TPSA) is 32.8 Å². The van der Waals surface area contributed by atoms with E-state index in [-0.39, 0.29) is 20.9 Å². The summed E-state index contributed by atoms with van der Waals surface area (Å²) in [6, 6.07) is 1.61. The summed E-state index contributed by atoms with van der Waals surface area (Å²) >= 11 is 3.38. The van der Waals surface area contributed by atoms with Crippen molar-refractivity contribution in [2.75, 3.05) is 11.5 Å². The van der Waals surface area contributed by atoms with Gasteiger partial charge in [0, 0.05) is 45.8 Å². The molecule has 0 atom stereocenters. The van der Waals surface area contributed by atoms with E-state index in [1.807, 2.05) is 32.5 Å². The molecular weight excluding hydrogens is 455 g/mol. The molecule has 4 nitrogen and oxygen atoms in total. The van der Waals surface area contributed by atoms with Gasteiger partial charge in [0.05, 0.1) is 5.60 Å². The summed E-state index contributed by atoms with van der Waals surface area (Å²) < 4.78 is 12.1. The van der Waals surface area contributed by atoms with Gasteiger partial charge in [0.25, 0.3) is 0 Å². The van der Waals surface area contributed by atoms with Crippen LogP contribution in [-0.2, 0) is 9.32 Å². The number of nitrogens with zero attached hydrogens (tertiary/aromatic N) is 2. The van der Waals surface area contributed by atoms with Crippen molar-refractivity contribution in [2.45, 2.75) is 138 Å². The van der Waals surface area contributed by atoms with E-state index in [9.17, 15) is 4.79 Å². The molecule has 0 aliphatic carbocycles. The highest BCUT2D eigenvalue weighted by molar-refractivity contribution is 8.14. The summed E-state index contributed by atoms with van der Waals surface area (Å²) in [4.78, 5) is 12.4. The lowest BCUT2D eigenvalue weighted by atomic mass is 10.00. The van der Waals surface area contributed by atoms with Gasteiger partial charge in [-0.1, -0.05) is 32.5 Å². The summed E-state index contributed by atoms with van der Waals surface area (Å²) in [5, 5.41) is 0.263. The van der Waals surface area contributed by atoms with Crippen LogP contribution in [0.2, 0.25) is 0 Å². The highest BCUT2D eigenvalue weighted by atomic mass is 32.2. The van der Waals surface area contributed by atoms with Gasteiger partial charge in [-0.25, -0.2) is 9.34 Å². The van der Waals surface area contributed by atoms with Gasteiger partial charge in [-0.15, -0.1) is 0 Å². The van der Waals surface area contributed by atoms with Crippen LogP contribution in [0.1, 0.15) is 104 Å². The first-order valence-electron chi connectivity index (χ1n) is 12.1. The Morgan fingerprint density at radius 2 is 1.12 bits per heavy atom. The fourth-order valence-corrected chi connectivity index (χ4v) is 8.13. The third-order valence-corrected chi connectivity index (χ3v) is 11.8. The molecule has 192 valence electrons. The zero-order valence-electron chi connectivity index (χ0n) is 23.7. The molecule has 0 fully saturated rings. The Labute approximate surface area is 210 Å². The first-order valence-corrected chi connectivity index (χ1v) is 15.2. The highest BCUT2D eigenvalue weighted by Crippen LogP contribution is 2.54. The highest BCUT2D eigenvalue weighted by Gasteiger charge is 2.39. The second-order valence-corrected chi connectivity index (χ2v) is 16.4. The predicted octanol–water partition coefficient (Wildman–Crippen LogP) is 8.06. The zero-order chi connectivity index (χ0) is 25.7. The molecule has 0 bridgehead atoms. The van der Waals surface area contributed by atoms with Gasteiger partial charge in [0.1, 0.15) is 0 Å². The van der Waals surface area contributed by atoms with Gasteiger partial charge < -0.3 is 4.52 Å². The Balaban J connectivity index is 5.51. The largest absolute Gasteiger partial charge is 0.324 e. The third kappa shape index (κ3) is 11.4. The molecule has 0 rings (SSSR count). The van der Waals surface area contributed by atoms with Crippen LogP contribution in [0.4, 0.5) is 0 Å². The number of rotatable bonds is 13. The van der Waals surface area contributed by atoms with E-state index < -0.39 is 8.45 Å². The van der Waals surface area contributed by atoms with Crippen LogP contribution in [0.25, 0.3) is 0 Å². The van der Waals surface area contributed by atoms with Crippen molar-refractivity contribution >= 4 is 37.1 Å². The van der Waals surface area contributed by atoms with Crippen LogP contribution >= 0.6 is 32.0 Å². The predicted molar refractivity (Wildman–Crippen MR) is 150 cm³/mol. The Bertz CT molecular complexity index is 537. The lowest BCUT2D eigenvalue weighted by Crippen LogP contribution is -2.45. The maximum absolute atomic E-state index is 12.4. The van der Waals surface area contributed by atoms with Crippen molar-refractivity contribution in [3.05, 3.63) is 0 Å². The minimum atomic E-state index is -0.920. The average molecular weight is 509 g/mol.